The normalized spacial score (nSPS) is 10.8. The van der Waals surface area contributed by atoms with Crippen molar-refractivity contribution in [2.24, 2.45) is 0 Å². The van der Waals surface area contributed by atoms with Crippen molar-refractivity contribution in [3.63, 3.8) is 0 Å². The molecule has 1 heterocycles. The van der Waals surface area contributed by atoms with Crippen LogP contribution in [0.15, 0.2) is 65.1 Å². The van der Waals surface area contributed by atoms with E-state index in [-0.39, 0.29) is 18.4 Å². The number of aryl methyl sites for hydroxylation is 1. The zero-order valence-electron chi connectivity index (χ0n) is 16.2. The number of para-hydroxylation sites is 1. The van der Waals surface area contributed by atoms with Gasteiger partial charge in [-0.15, -0.1) is 0 Å². The first-order valence-corrected chi connectivity index (χ1v) is 9.48. The Morgan fingerprint density at radius 1 is 1.00 bits per heavy atom. The van der Waals surface area contributed by atoms with Crippen LogP contribution < -0.4 is 10.6 Å². The highest BCUT2D eigenvalue weighted by molar-refractivity contribution is 6.30. The Labute approximate surface area is 174 Å². The number of amides is 2. The van der Waals surface area contributed by atoms with Gasteiger partial charge in [-0.1, -0.05) is 23.7 Å². The van der Waals surface area contributed by atoms with Crippen molar-refractivity contribution in [1.29, 1.82) is 0 Å². The second-order valence-corrected chi connectivity index (χ2v) is 7.18. The highest BCUT2D eigenvalue weighted by atomic mass is 35.5. The quantitative estimate of drug-likeness (QED) is 0.597. The summed E-state index contributed by atoms with van der Waals surface area (Å²) in [5.74, 6) is 1.09. The van der Waals surface area contributed by atoms with Crippen LogP contribution in [-0.4, -0.2) is 30.3 Å². The van der Waals surface area contributed by atoms with Crippen molar-refractivity contribution in [2.75, 3.05) is 24.2 Å². The van der Waals surface area contributed by atoms with E-state index in [9.17, 15) is 9.59 Å². The van der Waals surface area contributed by atoms with Gasteiger partial charge in [-0.3, -0.25) is 14.5 Å². The topological polar surface area (TPSA) is 74.6 Å². The van der Waals surface area contributed by atoms with Crippen molar-refractivity contribution in [1.82, 2.24) is 4.90 Å². The van der Waals surface area contributed by atoms with Crippen molar-refractivity contribution in [3.8, 4) is 0 Å². The third kappa shape index (κ3) is 5.94. The number of anilines is 2. The summed E-state index contributed by atoms with van der Waals surface area (Å²) in [7, 11) is 1.83. The first kappa shape index (κ1) is 20.6. The number of likely N-dealkylation sites (N-methyl/N-ethyl adjacent to an activating group) is 1. The van der Waals surface area contributed by atoms with Gasteiger partial charge in [0, 0.05) is 10.7 Å². The zero-order valence-corrected chi connectivity index (χ0v) is 17.0. The molecule has 150 valence electrons. The first-order chi connectivity index (χ1) is 13.9. The van der Waals surface area contributed by atoms with Gasteiger partial charge < -0.3 is 15.1 Å². The molecule has 0 aliphatic rings. The molecule has 29 heavy (non-hydrogen) atoms. The summed E-state index contributed by atoms with van der Waals surface area (Å²) in [6.45, 7) is 2.55. The Kier molecular flexibility index (Phi) is 6.69. The van der Waals surface area contributed by atoms with Crippen LogP contribution in [0, 0.1) is 6.92 Å². The van der Waals surface area contributed by atoms with Gasteiger partial charge in [0.25, 0.3) is 5.91 Å². The monoisotopic (exact) mass is 411 g/mol. The van der Waals surface area contributed by atoms with Gasteiger partial charge in [0.2, 0.25) is 5.91 Å². The van der Waals surface area contributed by atoms with Crippen LogP contribution in [0.2, 0.25) is 5.02 Å². The van der Waals surface area contributed by atoms with E-state index in [1.807, 2.05) is 31.0 Å². The lowest BCUT2D eigenvalue weighted by Crippen LogP contribution is -2.30. The van der Waals surface area contributed by atoms with E-state index in [0.29, 0.717) is 28.5 Å². The van der Waals surface area contributed by atoms with Gasteiger partial charge >= 0.3 is 0 Å². The van der Waals surface area contributed by atoms with Gasteiger partial charge in [0.1, 0.15) is 11.5 Å². The third-order valence-electron chi connectivity index (χ3n) is 4.18. The molecule has 2 N–H and O–H groups in total. The number of rotatable bonds is 7. The van der Waals surface area contributed by atoms with Gasteiger partial charge in [-0.25, -0.2) is 0 Å². The summed E-state index contributed by atoms with van der Waals surface area (Å²) in [5, 5.41) is 6.21. The summed E-state index contributed by atoms with van der Waals surface area (Å²) in [6.07, 6.45) is 0. The number of hydrogen-bond acceptors (Lipinski definition) is 4. The van der Waals surface area contributed by atoms with Crippen LogP contribution in [0.4, 0.5) is 11.4 Å². The van der Waals surface area contributed by atoms with E-state index in [4.69, 9.17) is 16.0 Å². The Hall–Kier alpha value is -3.09. The van der Waals surface area contributed by atoms with E-state index in [1.54, 1.807) is 48.5 Å². The molecule has 7 heteroatoms. The van der Waals surface area contributed by atoms with Crippen LogP contribution in [-0.2, 0) is 11.3 Å². The lowest BCUT2D eigenvalue weighted by Gasteiger charge is -2.16. The first-order valence-electron chi connectivity index (χ1n) is 9.10. The number of carbonyl (C=O) groups is 2. The van der Waals surface area contributed by atoms with E-state index >= 15 is 0 Å². The van der Waals surface area contributed by atoms with E-state index < -0.39 is 0 Å². The van der Waals surface area contributed by atoms with Crippen LogP contribution in [0.3, 0.4) is 0 Å². The molecule has 2 aromatic carbocycles. The fourth-order valence-corrected chi connectivity index (χ4v) is 2.97. The second-order valence-electron chi connectivity index (χ2n) is 6.74. The largest absolute Gasteiger partial charge is 0.465 e. The van der Waals surface area contributed by atoms with Gasteiger partial charge in [0.15, 0.2) is 0 Å². The number of nitrogens with zero attached hydrogens (tertiary/aromatic N) is 1. The molecule has 0 aliphatic carbocycles. The highest BCUT2D eigenvalue weighted by Crippen LogP contribution is 2.19. The van der Waals surface area contributed by atoms with Gasteiger partial charge in [-0.05, 0) is 62.5 Å². The standard InChI is InChI=1S/C22H22ClN3O3/c1-15-7-12-18(29-15)13-26(2)14-21(27)25-20-6-4-3-5-19(20)22(28)24-17-10-8-16(23)9-11-17/h3-12H,13-14H2,1-2H3,(H,24,28)(H,25,27). The van der Waals surface area contributed by atoms with E-state index in [2.05, 4.69) is 10.6 Å². The number of benzene rings is 2. The average molecular weight is 412 g/mol. The minimum absolute atomic E-state index is 0.160. The fraction of sp³-hybridized carbons (Fsp3) is 0.182. The summed E-state index contributed by atoms with van der Waals surface area (Å²) in [5.41, 5.74) is 1.44. The molecule has 0 aliphatic heterocycles. The van der Waals surface area contributed by atoms with Gasteiger partial charge in [-0.2, -0.15) is 0 Å². The SMILES string of the molecule is Cc1ccc(CN(C)CC(=O)Nc2ccccc2C(=O)Nc2ccc(Cl)cc2)o1. The van der Waals surface area contributed by atoms with Crippen LogP contribution in [0.1, 0.15) is 21.9 Å². The number of halogens is 1. The predicted octanol–water partition coefficient (Wildman–Crippen LogP) is 4.56. The molecule has 0 unspecified atom stereocenters. The van der Waals surface area contributed by atoms with Crippen molar-refractivity contribution < 1.29 is 14.0 Å². The van der Waals surface area contributed by atoms with Gasteiger partial charge in [0.05, 0.1) is 24.3 Å². The smallest absolute Gasteiger partial charge is 0.257 e. The molecule has 2 amide bonds. The lowest BCUT2D eigenvalue weighted by atomic mass is 10.1. The maximum absolute atomic E-state index is 12.6. The molecule has 6 nitrogen and oxygen atoms in total. The molecule has 1 aromatic heterocycles. The molecule has 0 bridgehead atoms. The summed E-state index contributed by atoms with van der Waals surface area (Å²) < 4.78 is 5.53. The summed E-state index contributed by atoms with van der Waals surface area (Å²) in [4.78, 5) is 26.9. The highest BCUT2D eigenvalue weighted by Gasteiger charge is 2.15. The maximum Gasteiger partial charge on any atom is 0.257 e. The summed E-state index contributed by atoms with van der Waals surface area (Å²) >= 11 is 5.87. The Balaban J connectivity index is 1.62. The van der Waals surface area contributed by atoms with Crippen molar-refractivity contribution >= 4 is 34.8 Å². The third-order valence-corrected chi connectivity index (χ3v) is 4.44. The Morgan fingerprint density at radius 3 is 2.41 bits per heavy atom. The number of carbonyl (C=O) groups excluding carboxylic acids is 2. The molecule has 0 atom stereocenters. The molecule has 0 radical (unpaired) electrons. The summed E-state index contributed by atoms with van der Waals surface area (Å²) in [6, 6.07) is 17.5. The second kappa shape index (κ2) is 9.41. The zero-order chi connectivity index (χ0) is 20.8. The minimum Gasteiger partial charge on any atom is -0.465 e. The lowest BCUT2D eigenvalue weighted by molar-refractivity contribution is -0.117. The maximum atomic E-state index is 12.6. The van der Waals surface area contributed by atoms with Crippen LogP contribution >= 0.6 is 11.6 Å². The van der Waals surface area contributed by atoms with Crippen molar-refractivity contribution in [3.05, 3.63) is 82.8 Å². The van der Waals surface area contributed by atoms with E-state index in [1.165, 1.54) is 0 Å². The molecule has 3 aromatic rings. The Bertz CT molecular complexity index is 999. The van der Waals surface area contributed by atoms with Crippen LogP contribution in [0.25, 0.3) is 0 Å². The molecule has 0 fully saturated rings. The van der Waals surface area contributed by atoms with E-state index in [0.717, 1.165) is 11.5 Å². The molecule has 0 saturated heterocycles. The molecular formula is C22H22ClN3O3. The van der Waals surface area contributed by atoms with Crippen molar-refractivity contribution in [2.45, 2.75) is 13.5 Å². The number of furan rings is 1. The average Bonchev–Trinajstić information content (AvgIpc) is 3.08. The minimum atomic E-state index is -0.317. The molecule has 0 saturated carbocycles. The van der Waals surface area contributed by atoms with Crippen LogP contribution in [0.5, 0.6) is 0 Å². The molecule has 3 rings (SSSR count). The predicted molar refractivity (Wildman–Crippen MR) is 114 cm³/mol. The number of hydrogen-bond donors (Lipinski definition) is 2. The Morgan fingerprint density at radius 2 is 1.72 bits per heavy atom. The molecular weight excluding hydrogens is 390 g/mol. The molecule has 0 spiro atoms. The number of nitrogens with one attached hydrogen (secondary N) is 2. The fourth-order valence-electron chi connectivity index (χ4n) is 2.85.